The maximum Gasteiger partial charge on any atom is 0.217 e. The Morgan fingerprint density at radius 1 is 1.19 bits per heavy atom. The van der Waals surface area contributed by atoms with Gasteiger partial charge >= 0.3 is 0 Å². The number of carbonyl (C=O) groups is 1. The molecule has 2 aromatic rings. The largest absolute Gasteiger partial charge is 0.347 e. The fourth-order valence-electron chi connectivity index (χ4n) is 3.85. The van der Waals surface area contributed by atoms with Crippen LogP contribution < -0.4 is 5.32 Å². The topological polar surface area (TPSA) is 32.3 Å². The minimum atomic E-state index is -0.601. The first-order valence-electron chi connectivity index (χ1n) is 9.36. The zero-order valence-electron chi connectivity index (χ0n) is 15.6. The third kappa shape index (κ3) is 4.33. The molecular formula is C21H27FN2OS. The van der Waals surface area contributed by atoms with E-state index in [0.29, 0.717) is 5.56 Å². The van der Waals surface area contributed by atoms with Crippen molar-refractivity contribution in [1.29, 1.82) is 0 Å². The van der Waals surface area contributed by atoms with Crippen LogP contribution in [0.2, 0.25) is 0 Å². The molecule has 0 unspecified atom stereocenters. The number of carbonyl (C=O) groups excluding carboxylic acids is 1. The van der Waals surface area contributed by atoms with E-state index in [-0.39, 0.29) is 11.7 Å². The van der Waals surface area contributed by atoms with E-state index in [2.05, 4.69) is 29.3 Å². The SMILES string of the molecule is CCCc1ccc(CN2CCC(NC(C)=O)(c3ccccc3F)CC2)s1. The van der Waals surface area contributed by atoms with Gasteiger partial charge in [0.15, 0.2) is 0 Å². The third-order valence-electron chi connectivity index (χ3n) is 5.11. The Morgan fingerprint density at radius 3 is 2.54 bits per heavy atom. The zero-order valence-corrected chi connectivity index (χ0v) is 16.4. The fraction of sp³-hybridized carbons (Fsp3) is 0.476. The molecule has 1 N–H and O–H groups in total. The maximum absolute atomic E-state index is 14.4. The number of thiophene rings is 1. The summed E-state index contributed by atoms with van der Waals surface area (Å²) >= 11 is 1.89. The minimum absolute atomic E-state index is 0.107. The number of amides is 1. The van der Waals surface area contributed by atoms with Crippen molar-refractivity contribution in [2.45, 2.75) is 51.6 Å². The lowest BCUT2D eigenvalue weighted by Gasteiger charge is -2.42. The van der Waals surface area contributed by atoms with Gasteiger partial charge < -0.3 is 5.32 Å². The van der Waals surface area contributed by atoms with E-state index in [9.17, 15) is 9.18 Å². The highest BCUT2D eigenvalue weighted by Crippen LogP contribution is 2.35. The summed E-state index contributed by atoms with van der Waals surface area (Å²) in [6.45, 7) is 6.33. The lowest BCUT2D eigenvalue weighted by atomic mass is 9.80. The summed E-state index contributed by atoms with van der Waals surface area (Å²) < 4.78 is 14.4. The highest BCUT2D eigenvalue weighted by atomic mass is 32.1. The number of rotatable bonds is 6. The summed E-state index contributed by atoms with van der Waals surface area (Å²) in [5.74, 6) is -0.346. The van der Waals surface area contributed by atoms with Crippen LogP contribution in [0.4, 0.5) is 4.39 Å². The Kier molecular flexibility index (Phi) is 6.09. The number of nitrogens with zero attached hydrogens (tertiary/aromatic N) is 1. The Balaban J connectivity index is 1.70. The molecule has 0 saturated carbocycles. The number of piperidine rings is 1. The standard InChI is InChI=1S/C21H27FN2OS/c1-3-6-17-9-10-18(26-17)15-24-13-11-21(12-14-24,23-16(2)25)19-7-4-5-8-20(19)22/h4-5,7-10H,3,6,11-15H2,1-2H3,(H,23,25). The van der Waals surface area contributed by atoms with Gasteiger partial charge in [0.2, 0.25) is 5.91 Å². The number of hydrogen-bond acceptors (Lipinski definition) is 3. The van der Waals surface area contributed by atoms with E-state index < -0.39 is 5.54 Å². The number of halogens is 1. The highest BCUT2D eigenvalue weighted by molar-refractivity contribution is 7.11. The molecule has 3 nitrogen and oxygen atoms in total. The normalized spacial score (nSPS) is 17.2. The van der Waals surface area contributed by atoms with Gasteiger partial charge in [-0.2, -0.15) is 0 Å². The summed E-state index contributed by atoms with van der Waals surface area (Å²) in [5, 5.41) is 3.05. The second-order valence-electron chi connectivity index (χ2n) is 7.14. The molecule has 1 fully saturated rings. The van der Waals surface area contributed by atoms with E-state index in [0.717, 1.165) is 38.9 Å². The van der Waals surface area contributed by atoms with E-state index in [1.807, 2.05) is 17.4 Å². The van der Waals surface area contributed by atoms with Crippen LogP contribution >= 0.6 is 11.3 Å². The molecule has 1 aliphatic heterocycles. The molecule has 2 heterocycles. The monoisotopic (exact) mass is 374 g/mol. The van der Waals surface area contributed by atoms with Gasteiger partial charge in [0.25, 0.3) is 0 Å². The second kappa shape index (κ2) is 8.31. The first-order chi connectivity index (χ1) is 12.5. The third-order valence-corrected chi connectivity index (χ3v) is 6.24. The number of aryl methyl sites for hydroxylation is 1. The predicted octanol–water partition coefficient (Wildman–Crippen LogP) is 4.47. The van der Waals surface area contributed by atoms with Crippen molar-refractivity contribution in [3.8, 4) is 0 Å². The first kappa shape index (κ1) is 19.1. The average molecular weight is 375 g/mol. The molecule has 1 aromatic heterocycles. The molecule has 140 valence electrons. The summed E-state index contributed by atoms with van der Waals surface area (Å²) in [4.78, 5) is 17.0. The van der Waals surface area contributed by atoms with Gasteiger partial charge in [-0.15, -0.1) is 11.3 Å². The molecule has 0 radical (unpaired) electrons. The fourth-order valence-corrected chi connectivity index (χ4v) is 5.01. The Hall–Kier alpha value is -1.72. The van der Waals surface area contributed by atoms with Crippen LogP contribution in [0.15, 0.2) is 36.4 Å². The molecule has 3 rings (SSSR count). The maximum atomic E-state index is 14.4. The van der Waals surface area contributed by atoms with Gasteiger partial charge in [-0.3, -0.25) is 9.69 Å². The van der Waals surface area contributed by atoms with Crippen LogP contribution in [0.5, 0.6) is 0 Å². The number of hydrogen-bond donors (Lipinski definition) is 1. The molecule has 0 bridgehead atoms. The van der Waals surface area contributed by atoms with Crippen molar-refractivity contribution in [2.75, 3.05) is 13.1 Å². The smallest absolute Gasteiger partial charge is 0.217 e. The number of likely N-dealkylation sites (tertiary alicyclic amines) is 1. The quantitative estimate of drug-likeness (QED) is 0.809. The van der Waals surface area contributed by atoms with Gasteiger partial charge in [-0.25, -0.2) is 4.39 Å². The Labute approximate surface area is 159 Å². The van der Waals surface area contributed by atoms with E-state index in [1.54, 1.807) is 12.1 Å². The van der Waals surface area contributed by atoms with Crippen molar-refractivity contribution in [3.05, 3.63) is 57.5 Å². The van der Waals surface area contributed by atoms with Crippen molar-refractivity contribution < 1.29 is 9.18 Å². The second-order valence-corrected chi connectivity index (χ2v) is 8.39. The van der Waals surface area contributed by atoms with Crippen LogP contribution in [-0.4, -0.2) is 23.9 Å². The Morgan fingerprint density at radius 2 is 1.88 bits per heavy atom. The van der Waals surface area contributed by atoms with Crippen molar-refractivity contribution in [3.63, 3.8) is 0 Å². The van der Waals surface area contributed by atoms with Crippen LogP contribution in [0, 0.1) is 5.82 Å². The van der Waals surface area contributed by atoms with Crippen LogP contribution in [-0.2, 0) is 23.3 Å². The highest BCUT2D eigenvalue weighted by Gasteiger charge is 2.38. The van der Waals surface area contributed by atoms with Crippen LogP contribution in [0.1, 0.15) is 48.4 Å². The lowest BCUT2D eigenvalue weighted by Crippen LogP contribution is -2.52. The molecule has 0 spiro atoms. The van der Waals surface area contributed by atoms with Crippen molar-refractivity contribution in [2.24, 2.45) is 0 Å². The number of benzene rings is 1. The average Bonchev–Trinajstić information content (AvgIpc) is 3.04. The molecule has 1 saturated heterocycles. The summed E-state index contributed by atoms with van der Waals surface area (Å²) in [7, 11) is 0. The summed E-state index contributed by atoms with van der Waals surface area (Å²) in [6, 6.07) is 11.3. The van der Waals surface area contributed by atoms with E-state index >= 15 is 0 Å². The van der Waals surface area contributed by atoms with Crippen molar-refractivity contribution >= 4 is 17.2 Å². The predicted molar refractivity (Wildman–Crippen MR) is 105 cm³/mol. The summed E-state index contributed by atoms with van der Waals surface area (Å²) in [6.07, 6.45) is 3.76. The number of nitrogens with one attached hydrogen (secondary N) is 1. The molecular weight excluding hydrogens is 347 g/mol. The molecule has 5 heteroatoms. The van der Waals surface area contributed by atoms with E-state index in [1.165, 1.54) is 29.2 Å². The first-order valence-corrected chi connectivity index (χ1v) is 10.2. The van der Waals surface area contributed by atoms with Gasteiger partial charge in [0.05, 0.1) is 5.54 Å². The molecule has 0 aliphatic carbocycles. The van der Waals surface area contributed by atoms with Crippen LogP contribution in [0.25, 0.3) is 0 Å². The van der Waals surface area contributed by atoms with E-state index in [4.69, 9.17) is 0 Å². The molecule has 26 heavy (non-hydrogen) atoms. The molecule has 0 atom stereocenters. The molecule has 1 aliphatic rings. The lowest BCUT2D eigenvalue weighted by molar-refractivity contribution is -0.121. The zero-order chi connectivity index (χ0) is 18.6. The van der Waals surface area contributed by atoms with Gasteiger partial charge in [0.1, 0.15) is 5.82 Å². The van der Waals surface area contributed by atoms with Crippen LogP contribution in [0.3, 0.4) is 0 Å². The Bertz CT molecular complexity index is 750. The minimum Gasteiger partial charge on any atom is -0.347 e. The van der Waals surface area contributed by atoms with Gasteiger partial charge in [-0.1, -0.05) is 31.5 Å². The summed E-state index contributed by atoms with van der Waals surface area (Å²) in [5.41, 5.74) is 0.00690. The van der Waals surface area contributed by atoms with Gasteiger partial charge in [-0.05, 0) is 37.5 Å². The van der Waals surface area contributed by atoms with Crippen molar-refractivity contribution in [1.82, 2.24) is 10.2 Å². The van der Waals surface area contributed by atoms with Gasteiger partial charge in [0, 0.05) is 41.9 Å². The molecule has 1 amide bonds. The molecule has 1 aromatic carbocycles.